The second-order valence-electron chi connectivity index (χ2n) is 8.00. The molecule has 1 aliphatic heterocycles. The van der Waals surface area contributed by atoms with Crippen LogP contribution in [-0.4, -0.2) is 26.4 Å². The van der Waals surface area contributed by atoms with Gasteiger partial charge < -0.3 is 4.98 Å². The van der Waals surface area contributed by atoms with Gasteiger partial charge in [-0.15, -0.1) is 0 Å². The summed E-state index contributed by atoms with van der Waals surface area (Å²) >= 11 is 0. The molecule has 140 valence electrons. The van der Waals surface area contributed by atoms with Crippen LogP contribution in [0.3, 0.4) is 0 Å². The van der Waals surface area contributed by atoms with Crippen molar-refractivity contribution >= 4 is 10.9 Å². The zero-order valence-electron chi connectivity index (χ0n) is 15.5. The van der Waals surface area contributed by atoms with Crippen LogP contribution >= 0.6 is 0 Å². The SMILES string of the molecule is Fc1ccc2[nH]cc(CN3CCc4nc(C5CCCCC5)ncc4C3)c2c1. The average molecular weight is 364 g/mol. The van der Waals surface area contributed by atoms with Gasteiger partial charge in [-0.1, -0.05) is 19.3 Å². The van der Waals surface area contributed by atoms with E-state index in [1.165, 1.54) is 49.4 Å². The van der Waals surface area contributed by atoms with E-state index in [9.17, 15) is 4.39 Å². The van der Waals surface area contributed by atoms with Crippen molar-refractivity contribution < 1.29 is 4.39 Å². The molecule has 3 aromatic rings. The van der Waals surface area contributed by atoms with Crippen molar-refractivity contribution in [1.29, 1.82) is 0 Å². The number of aromatic nitrogens is 3. The molecule has 5 rings (SSSR count). The molecule has 1 aliphatic carbocycles. The third kappa shape index (κ3) is 3.36. The minimum absolute atomic E-state index is 0.184. The number of aromatic amines is 1. The number of nitrogens with one attached hydrogen (secondary N) is 1. The molecular formula is C22H25FN4. The van der Waals surface area contributed by atoms with Crippen LogP contribution in [-0.2, 0) is 19.5 Å². The average Bonchev–Trinajstić information content (AvgIpc) is 3.10. The molecule has 1 aromatic carbocycles. The summed E-state index contributed by atoms with van der Waals surface area (Å²) in [6.45, 7) is 2.66. The monoisotopic (exact) mass is 364 g/mol. The van der Waals surface area contributed by atoms with E-state index in [2.05, 4.69) is 9.88 Å². The summed E-state index contributed by atoms with van der Waals surface area (Å²) in [5.41, 5.74) is 4.61. The van der Waals surface area contributed by atoms with Gasteiger partial charge in [0.2, 0.25) is 0 Å². The van der Waals surface area contributed by atoms with Gasteiger partial charge in [0.25, 0.3) is 0 Å². The van der Waals surface area contributed by atoms with E-state index in [-0.39, 0.29) is 5.82 Å². The molecule has 2 aliphatic rings. The van der Waals surface area contributed by atoms with Gasteiger partial charge in [0, 0.05) is 66.5 Å². The summed E-state index contributed by atoms with van der Waals surface area (Å²) in [5.74, 6) is 1.44. The lowest BCUT2D eigenvalue weighted by molar-refractivity contribution is 0.243. The first-order valence-electron chi connectivity index (χ1n) is 10.1. The van der Waals surface area contributed by atoms with E-state index in [1.807, 2.05) is 12.4 Å². The van der Waals surface area contributed by atoms with Crippen LogP contribution in [0.25, 0.3) is 10.9 Å². The normalized spacial score (nSPS) is 18.7. The van der Waals surface area contributed by atoms with Crippen LogP contribution < -0.4 is 0 Å². The second-order valence-corrected chi connectivity index (χ2v) is 8.00. The Morgan fingerprint density at radius 1 is 1.19 bits per heavy atom. The molecular weight excluding hydrogens is 339 g/mol. The number of hydrogen-bond acceptors (Lipinski definition) is 3. The summed E-state index contributed by atoms with van der Waals surface area (Å²) in [6, 6.07) is 4.93. The lowest BCUT2D eigenvalue weighted by Crippen LogP contribution is -2.31. The fourth-order valence-corrected chi connectivity index (χ4v) is 4.60. The van der Waals surface area contributed by atoms with Crippen LogP contribution in [0.4, 0.5) is 4.39 Å². The second kappa shape index (κ2) is 7.04. The molecule has 27 heavy (non-hydrogen) atoms. The molecule has 0 saturated heterocycles. The van der Waals surface area contributed by atoms with Gasteiger partial charge in [0.15, 0.2) is 0 Å². The van der Waals surface area contributed by atoms with E-state index in [4.69, 9.17) is 9.97 Å². The van der Waals surface area contributed by atoms with Crippen molar-refractivity contribution in [2.45, 2.75) is 57.5 Å². The molecule has 2 aromatic heterocycles. The van der Waals surface area contributed by atoms with Gasteiger partial charge >= 0.3 is 0 Å². The van der Waals surface area contributed by atoms with Crippen molar-refractivity contribution in [3.05, 3.63) is 59.1 Å². The first-order valence-corrected chi connectivity index (χ1v) is 10.1. The Morgan fingerprint density at radius 3 is 2.96 bits per heavy atom. The number of rotatable bonds is 3. The molecule has 0 atom stereocenters. The van der Waals surface area contributed by atoms with Crippen molar-refractivity contribution in [1.82, 2.24) is 19.9 Å². The topological polar surface area (TPSA) is 44.8 Å². The number of halogens is 1. The first-order chi connectivity index (χ1) is 13.3. The summed E-state index contributed by atoms with van der Waals surface area (Å²) in [5, 5.41) is 0.977. The smallest absolute Gasteiger partial charge is 0.131 e. The highest BCUT2D eigenvalue weighted by Crippen LogP contribution is 2.31. The Bertz CT molecular complexity index is 958. The molecule has 3 heterocycles. The van der Waals surface area contributed by atoms with E-state index in [1.54, 1.807) is 12.1 Å². The Balaban J connectivity index is 1.32. The van der Waals surface area contributed by atoms with Gasteiger partial charge in [-0.3, -0.25) is 4.90 Å². The Kier molecular flexibility index (Phi) is 4.40. The van der Waals surface area contributed by atoms with Crippen LogP contribution in [0.2, 0.25) is 0 Å². The fourth-order valence-electron chi connectivity index (χ4n) is 4.60. The molecule has 0 unspecified atom stereocenters. The van der Waals surface area contributed by atoms with Crippen LogP contribution in [0.5, 0.6) is 0 Å². The molecule has 1 saturated carbocycles. The summed E-state index contributed by atoms with van der Waals surface area (Å²) in [4.78, 5) is 15.3. The number of H-pyrrole nitrogens is 1. The molecule has 0 bridgehead atoms. The Hall–Kier alpha value is -2.27. The van der Waals surface area contributed by atoms with Gasteiger partial charge in [-0.25, -0.2) is 14.4 Å². The largest absolute Gasteiger partial charge is 0.361 e. The number of fused-ring (bicyclic) bond motifs is 2. The highest BCUT2D eigenvalue weighted by atomic mass is 19.1. The third-order valence-corrected chi connectivity index (χ3v) is 6.13. The van der Waals surface area contributed by atoms with Crippen molar-refractivity contribution in [3.8, 4) is 0 Å². The lowest BCUT2D eigenvalue weighted by Gasteiger charge is -2.29. The molecule has 1 N–H and O–H groups in total. The summed E-state index contributed by atoms with van der Waals surface area (Å²) < 4.78 is 13.6. The predicted octanol–water partition coefficient (Wildman–Crippen LogP) is 4.70. The zero-order chi connectivity index (χ0) is 18.2. The quantitative estimate of drug-likeness (QED) is 0.732. The Labute approximate surface area is 158 Å². The lowest BCUT2D eigenvalue weighted by atomic mass is 9.88. The number of hydrogen-bond donors (Lipinski definition) is 1. The standard InChI is InChI=1S/C22H25FN4/c23-18-6-7-21-19(10-18)16(11-24-21)13-27-9-8-20-17(14-27)12-25-22(26-20)15-4-2-1-3-5-15/h6-7,10-12,15,24H,1-5,8-9,13-14H2. The maximum absolute atomic E-state index is 13.6. The highest BCUT2D eigenvalue weighted by Gasteiger charge is 2.23. The van der Waals surface area contributed by atoms with E-state index < -0.39 is 0 Å². The van der Waals surface area contributed by atoms with Crippen LogP contribution in [0.1, 0.15) is 60.7 Å². The predicted molar refractivity (Wildman–Crippen MR) is 104 cm³/mol. The molecule has 1 fully saturated rings. The Morgan fingerprint density at radius 2 is 2.07 bits per heavy atom. The third-order valence-electron chi connectivity index (χ3n) is 6.13. The van der Waals surface area contributed by atoms with E-state index in [0.717, 1.165) is 48.3 Å². The minimum Gasteiger partial charge on any atom is -0.361 e. The zero-order valence-corrected chi connectivity index (χ0v) is 15.5. The minimum atomic E-state index is -0.184. The van der Waals surface area contributed by atoms with Gasteiger partial charge in [0.1, 0.15) is 11.6 Å². The van der Waals surface area contributed by atoms with Crippen LogP contribution in [0.15, 0.2) is 30.6 Å². The fraction of sp³-hybridized carbons (Fsp3) is 0.455. The summed E-state index contributed by atoms with van der Waals surface area (Å²) in [6.07, 6.45) is 11.5. The maximum atomic E-state index is 13.6. The molecule has 0 radical (unpaired) electrons. The first kappa shape index (κ1) is 16.9. The van der Waals surface area contributed by atoms with Gasteiger partial charge in [-0.2, -0.15) is 0 Å². The molecule has 4 nitrogen and oxygen atoms in total. The van der Waals surface area contributed by atoms with Crippen molar-refractivity contribution in [3.63, 3.8) is 0 Å². The van der Waals surface area contributed by atoms with Gasteiger partial charge in [-0.05, 0) is 36.6 Å². The van der Waals surface area contributed by atoms with Gasteiger partial charge in [0.05, 0.1) is 0 Å². The van der Waals surface area contributed by atoms with Crippen LogP contribution in [0, 0.1) is 5.82 Å². The summed E-state index contributed by atoms with van der Waals surface area (Å²) in [7, 11) is 0. The molecule has 5 heteroatoms. The molecule has 0 spiro atoms. The van der Waals surface area contributed by atoms with E-state index in [0.29, 0.717) is 5.92 Å². The maximum Gasteiger partial charge on any atom is 0.131 e. The van der Waals surface area contributed by atoms with E-state index >= 15 is 0 Å². The van der Waals surface area contributed by atoms with Crippen molar-refractivity contribution in [2.75, 3.05) is 6.54 Å². The molecule has 0 amide bonds. The number of benzene rings is 1. The highest BCUT2D eigenvalue weighted by molar-refractivity contribution is 5.83. The number of nitrogens with zero attached hydrogens (tertiary/aromatic N) is 3. The van der Waals surface area contributed by atoms with Crippen molar-refractivity contribution in [2.24, 2.45) is 0 Å².